The molecule has 2 aliphatic heterocycles. The van der Waals surface area contributed by atoms with E-state index in [1.807, 2.05) is 0 Å². The van der Waals surface area contributed by atoms with E-state index in [-0.39, 0.29) is 11.4 Å². The number of carbonyl (C=O) groups is 1. The van der Waals surface area contributed by atoms with Crippen LogP contribution in [0, 0.1) is 11.3 Å². The van der Waals surface area contributed by atoms with Crippen LogP contribution in [-0.4, -0.2) is 44.2 Å². The highest BCUT2D eigenvalue weighted by Crippen LogP contribution is 2.35. The maximum atomic E-state index is 11.1. The molecule has 0 aromatic carbocycles. The van der Waals surface area contributed by atoms with Crippen LogP contribution in [0.3, 0.4) is 0 Å². The molecule has 4 heteroatoms. The molecule has 86 valence electrons. The molecule has 2 aliphatic rings. The van der Waals surface area contributed by atoms with Gasteiger partial charge in [0.2, 0.25) is 0 Å². The molecule has 2 amide bonds. The third-order valence-corrected chi connectivity index (χ3v) is 4.01. The highest BCUT2D eigenvalue weighted by atomic mass is 16.2. The summed E-state index contributed by atoms with van der Waals surface area (Å²) in [6.07, 6.45) is 2.51. The molecule has 2 fully saturated rings. The van der Waals surface area contributed by atoms with Crippen molar-refractivity contribution in [2.24, 2.45) is 11.3 Å². The predicted molar refractivity (Wildman–Crippen MR) is 59.7 cm³/mol. The molecule has 0 spiro atoms. The van der Waals surface area contributed by atoms with Gasteiger partial charge in [-0.25, -0.2) is 4.79 Å². The molecule has 0 unspecified atom stereocenters. The van der Waals surface area contributed by atoms with Crippen LogP contribution in [0.1, 0.15) is 19.8 Å². The quantitative estimate of drug-likeness (QED) is 0.669. The van der Waals surface area contributed by atoms with E-state index in [2.05, 4.69) is 29.5 Å². The average molecular weight is 211 g/mol. The Balaban J connectivity index is 1.94. The molecule has 0 aromatic heterocycles. The van der Waals surface area contributed by atoms with Crippen molar-refractivity contribution < 1.29 is 4.79 Å². The van der Waals surface area contributed by atoms with E-state index in [1.165, 1.54) is 25.9 Å². The predicted octanol–water partition coefficient (Wildman–Crippen LogP) is 0.647. The Morgan fingerprint density at radius 1 is 1.27 bits per heavy atom. The number of hydrogen-bond donors (Lipinski definition) is 2. The van der Waals surface area contributed by atoms with Crippen molar-refractivity contribution in [1.29, 1.82) is 0 Å². The summed E-state index contributed by atoms with van der Waals surface area (Å²) in [5.41, 5.74) is 0.245. The number of carbonyl (C=O) groups excluding carboxylic acids is 1. The summed E-state index contributed by atoms with van der Waals surface area (Å²) in [6.45, 7) is 6.32. The normalized spacial score (nSPS) is 28.3. The molecule has 0 atom stereocenters. The van der Waals surface area contributed by atoms with Crippen molar-refractivity contribution in [3.63, 3.8) is 0 Å². The maximum Gasteiger partial charge on any atom is 0.314 e. The van der Waals surface area contributed by atoms with Gasteiger partial charge in [0.05, 0.1) is 0 Å². The van der Waals surface area contributed by atoms with Crippen LogP contribution < -0.4 is 10.6 Å². The first-order valence-electron chi connectivity index (χ1n) is 5.80. The molecule has 0 radical (unpaired) electrons. The monoisotopic (exact) mass is 211 g/mol. The number of nitrogens with zero attached hydrogens (tertiary/aromatic N) is 1. The third-order valence-electron chi connectivity index (χ3n) is 4.01. The van der Waals surface area contributed by atoms with E-state index in [9.17, 15) is 4.79 Å². The number of nitrogens with one attached hydrogen (secondary N) is 2. The molecular weight excluding hydrogens is 190 g/mol. The Labute approximate surface area is 91.4 Å². The van der Waals surface area contributed by atoms with Crippen LogP contribution in [0.4, 0.5) is 4.79 Å². The van der Waals surface area contributed by atoms with Gasteiger partial charge in [0.25, 0.3) is 0 Å². The van der Waals surface area contributed by atoms with Crippen LogP contribution in [0.15, 0.2) is 0 Å². The molecule has 0 aromatic rings. The Bertz CT molecular complexity index is 236. The number of likely N-dealkylation sites (tertiary alicyclic amines) is 1. The summed E-state index contributed by atoms with van der Waals surface area (Å²) in [5.74, 6) is 0.738. The molecule has 15 heavy (non-hydrogen) atoms. The fraction of sp³-hybridized carbons (Fsp3) is 0.909. The number of rotatable bonds is 1. The Hall–Kier alpha value is -0.770. The highest BCUT2D eigenvalue weighted by Gasteiger charge is 2.38. The van der Waals surface area contributed by atoms with E-state index in [1.54, 1.807) is 0 Å². The fourth-order valence-electron chi connectivity index (χ4n) is 2.68. The van der Waals surface area contributed by atoms with E-state index in [0.29, 0.717) is 0 Å². The lowest BCUT2D eigenvalue weighted by Gasteiger charge is -2.44. The third kappa shape index (κ3) is 2.25. The second-order valence-electron chi connectivity index (χ2n) is 5.27. The van der Waals surface area contributed by atoms with Gasteiger partial charge in [-0.1, -0.05) is 6.92 Å². The second kappa shape index (κ2) is 4.00. The zero-order chi connectivity index (χ0) is 10.9. The fourth-order valence-corrected chi connectivity index (χ4v) is 2.68. The highest BCUT2D eigenvalue weighted by molar-refractivity contribution is 5.74. The Kier molecular flexibility index (Phi) is 2.87. The molecule has 0 aliphatic carbocycles. The van der Waals surface area contributed by atoms with E-state index < -0.39 is 0 Å². The SMILES string of the molecule is CN1CCC(C2(C)CNC(=O)NC2)CC1. The first-order valence-corrected chi connectivity index (χ1v) is 5.80. The van der Waals surface area contributed by atoms with Crippen molar-refractivity contribution >= 4 is 6.03 Å². The summed E-state index contributed by atoms with van der Waals surface area (Å²) in [7, 11) is 2.18. The van der Waals surface area contributed by atoms with Gasteiger partial charge in [-0.15, -0.1) is 0 Å². The lowest BCUT2D eigenvalue weighted by Crippen LogP contribution is -2.57. The van der Waals surface area contributed by atoms with Crippen molar-refractivity contribution in [2.45, 2.75) is 19.8 Å². The lowest BCUT2D eigenvalue weighted by molar-refractivity contribution is 0.0900. The van der Waals surface area contributed by atoms with E-state index >= 15 is 0 Å². The first-order chi connectivity index (χ1) is 7.10. The van der Waals surface area contributed by atoms with Gasteiger partial charge >= 0.3 is 6.03 Å². The molecular formula is C11H21N3O. The van der Waals surface area contributed by atoms with Crippen LogP contribution >= 0.6 is 0 Å². The van der Waals surface area contributed by atoms with Crippen molar-refractivity contribution in [3.05, 3.63) is 0 Å². The molecule has 4 nitrogen and oxygen atoms in total. The topological polar surface area (TPSA) is 44.4 Å². The van der Waals surface area contributed by atoms with Crippen molar-refractivity contribution in [1.82, 2.24) is 15.5 Å². The van der Waals surface area contributed by atoms with Gasteiger partial charge in [0.15, 0.2) is 0 Å². The van der Waals surface area contributed by atoms with Crippen molar-refractivity contribution in [3.8, 4) is 0 Å². The minimum atomic E-state index is -0.0135. The molecule has 2 rings (SSSR count). The van der Waals surface area contributed by atoms with Crippen LogP contribution in [0.5, 0.6) is 0 Å². The minimum Gasteiger partial charge on any atom is -0.338 e. The molecule has 0 bridgehead atoms. The zero-order valence-electron chi connectivity index (χ0n) is 9.68. The van der Waals surface area contributed by atoms with Gasteiger partial charge in [-0.3, -0.25) is 0 Å². The number of urea groups is 1. The zero-order valence-corrected chi connectivity index (χ0v) is 9.68. The van der Waals surface area contributed by atoms with Gasteiger partial charge in [0.1, 0.15) is 0 Å². The number of amides is 2. The van der Waals surface area contributed by atoms with E-state index in [4.69, 9.17) is 0 Å². The van der Waals surface area contributed by atoms with E-state index in [0.717, 1.165) is 19.0 Å². The van der Waals surface area contributed by atoms with Crippen LogP contribution in [0.25, 0.3) is 0 Å². The van der Waals surface area contributed by atoms with Crippen LogP contribution in [-0.2, 0) is 0 Å². The Morgan fingerprint density at radius 2 is 1.80 bits per heavy atom. The summed E-state index contributed by atoms with van der Waals surface area (Å²) >= 11 is 0. The van der Waals surface area contributed by atoms with Gasteiger partial charge in [-0.05, 0) is 38.9 Å². The van der Waals surface area contributed by atoms with Crippen LogP contribution in [0.2, 0.25) is 0 Å². The first kappa shape index (κ1) is 10.7. The summed E-state index contributed by atoms with van der Waals surface area (Å²) in [5, 5.41) is 5.83. The van der Waals surface area contributed by atoms with Gasteiger partial charge < -0.3 is 15.5 Å². The molecule has 2 heterocycles. The average Bonchev–Trinajstić information content (AvgIpc) is 2.24. The number of hydrogen-bond acceptors (Lipinski definition) is 2. The summed E-state index contributed by atoms with van der Waals surface area (Å²) < 4.78 is 0. The molecule has 2 saturated heterocycles. The Morgan fingerprint density at radius 3 is 2.33 bits per heavy atom. The summed E-state index contributed by atoms with van der Waals surface area (Å²) in [6, 6.07) is -0.0135. The molecule has 2 N–H and O–H groups in total. The smallest absolute Gasteiger partial charge is 0.314 e. The lowest BCUT2D eigenvalue weighted by atomic mass is 9.71. The minimum absolute atomic E-state index is 0.0135. The summed E-state index contributed by atoms with van der Waals surface area (Å²) in [4.78, 5) is 13.4. The molecule has 0 saturated carbocycles. The van der Waals surface area contributed by atoms with Gasteiger partial charge in [0, 0.05) is 18.5 Å². The standard InChI is InChI=1S/C11H21N3O/c1-11(7-12-10(15)13-8-11)9-3-5-14(2)6-4-9/h9H,3-8H2,1-2H3,(H2,12,13,15). The second-order valence-corrected chi connectivity index (χ2v) is 5.27. The van der Waals surface area contributed by atoms with Gasteiger partial charge in [-0.2, -0.15) is 0 Å². The van der Waals surface area contributed by atoms with Crippen molar-refractivity contribution in [2.75, 3.05) is 33.2 Å². The maximum absolute atomic E-state index is 11.1. The number of piperidine rings is 1. The largest absolute Gasteiger partial charge is 0.338 e.